The van der Waals surface area contributed by atoms with Crippen molar-refractivity contribution in [3.8, 4) is 5.75 Å². The Bertz CT molecular complexity index is 960. The number of carbonyl (C=O) groups is 1. The lowest BCUT2D eigenvalue weighted by molar-refractivity contribution is -0.929. The van der Waals surface area contributed by atoms with Gasteiger partial charge in [-0.1, -0.05) is 30.2 Å². The van der Waals surface area contributed by atoms with E-state index in [1.54, 1.807) is 6.07 Å². The van der Waals surface area contributed by atoms with Crippen LogP contribution in [0.5, 0.6) is 5.75 Å². The number of nitrogens with one attached hydrogen (secondary N) is 1. The molecule has 0 atom stereocenters. The van der Waals surface area contributed by atoms with E-state index in [0.717, 1.165) is 34.1 Å². The van der Waals surface area contributed by atoms with Gasteiger partial charge in [-0.15, -0.1) is 0 Å². The highest BCUT2D eigenvalue weighted by Crippen LogP contribution is 2.30. The zero-order valence-electron chi connectivity index (χ0n) is 18.5. The first-order chi connectivity index (χ1) is 14.9. The van der Waals surface area contributed by atoms with Crippen molar-refractivity contribution in [1.82, 2.24) is 0 Å². The number of hydrogen-bond donors (Lipinski definition) is 1. The number of carbonyl (C=O) groups excluding carboxylic acids is 1. The predicted octanol–water partition coefficient (Wildman–Crippen LogP) is 6.05. The summed E-state index contributed by atoms with van der Waals surface area (Å²) < 4.78 is 6.78. The molecule has 0 aromatic heterocycles. The summed E-state index contributed by atoms with van der Waals surface area (Å²) in [6, 6.07) is 14.5. The summed E-state index contributed by atoms with van der Waals surface area (Å²) in [7, 11) is 4.69. The second-order valence-corrected chi connectivity index (χ2v) is 9.77. The van der Waals surface area contributed by atoms with E-state index in [1.807, 2.05) is 30.3 Å². The molecule has 1 aliphatic heterocycles. The van der Waals surface area contributed by atoms with Gasteiger partial charge in [0.1, 0.15) is 12.3 Å². The summed E-state index contributed by atoms with van der Waals surface area (Å²) in [5.74, 6) is 0.665. The molecule has 0 radical (unpaired) electrons. The van der Waals surface area contributed by atoms with Crippen LogP contribution in [0.15, 0.2) is 48.0 Å². The van der Waals surface area contributed by atoms with Crippen molar-refractivity contribution in [3.63, 3.8) is 0 Å². The molecular formula is C26H32ClN2O2+. The molecule has 0 spiro atoms. The van der Waals surface area contributed by atoms with Gasteiger partial charge in [-0.3, -0.25) is 4.79 Å². The van der Waals surface area contributed by atoms with Gasteiger partial charge >= 0.3 is 0 Å². The minimum Gasteiger partial charge on any atom is -0.493 e. The van der Waals surface area contributed by atoms with E-state index in [9.17, 15) is 4.79 Å². The van der Waals surface area contributed by atoms with Crippen LogP contribution in [0, 0.1) is 0 Å². The van der Waals surface area contributed by atoms with Crippen molar-refractivity contribution in [3.05, 3.63) is 64.2 Å². The van der Waals surface area contributed by atoms with E-state index in [-0.39, 0.29) is 5.91 Å². The van der Waals surface area contributed by atoms with Crippen LogP contribution < -0.4 is 10.1 Å². The Labute approximate surface area is 190 Å². The molecule has 164 valence electrons. The second kappa shape index (κ2) is 9.46. The summed E-state index contributed by atoms with van der Waals surface area (Å²) in [5.41, 5.74) is 3.65. The van der Waals surface area contributed by atoms with Crippen molar-refractivity contribution >= 4 is 29.3 Å². The first kappa shape index (κ1) is 21.9. The third-order valence-corrected chi connectivity index (χ3v) is 6.82. The SMILES string of the molecule is C[N+](C)(Cc1ccc(NC(=O)C2=Cc3cc(Cl)ccc3OCC2)cc1)C1CCCCC1. The van der Waals surface area contributed by atoms with Crippen molar-refractivity contribution < 1.29 is 14.0 Å². The van der Waals surface area contributed by atoms with Gasteiger partial charge < -0.3 is 14.5 Å². The molecule has 2 aliphatic rings. The van der Waals surface area contributed by atoms with Crippen molar-refractivity contribution in [1.29, 1.82) is 0 Å². The van der Waals surface area contributed by atoms with Gasteiger partial charge in [0.05, 0.1) is 26.7 Å². The van der Waals surface area contributed by atoms with E-state index in [4.69, 9.17) is 16.3 Å². The molecule has 0 unspecified atom stereocenters. The van der Waals surface area contributed by atoms with E-state index in [1.165, 1.54) is 37.7 Å². The molecule has 1 saturated carbocycles. The van der Waals surface area contributed by atoms with Crippen molar-refractivity contribution in [2.75, 3.05) is 26.0 Å². The van der Waals surface area contributed by atoms with Crippen LogP contribution in [0.3, 0.4) is 0 Å². The van der Waals surface area contributed by atoms with Crippen LogP contribution in [-0.2, 0) is 11.3 Å². The normalized spacial score (nSPS) is 17.2. The summed E-state index contributed by atoms with van der Waals surface area (Å²) in [6.45, 7) is 1.49. The number of nitrogens with zero attached hydrogens (tertiary/aromatic N) is 1. The Kier molecular flexibility index (Phi) is 6.68. The smallest absolute Gasteiger partial charge is 0.251 e. The number of amides is 1. The molecule has 0 bridgehead atoms. The monoisotopic (exact) mass is 439 g/mol. The molecule has 1 fully saturated rings. The Morgan fingerprint density at radius 1 is 1.10 bits per heavy atom. The highest BCUT2D eigenvalue weighted by molar-refractivity contribution is 6.30. The van der Waals surface area contributed by atoms with Gasteiger partial charge in [-0.05, 0) is 62.1 Å². The van der Waals surface area contributed by atoms with Gasteiger partial charge in [0.15, 0.2) is 0 Å². The van der Waals surface area contributed by atoms with Gasteiger partial charge in [-0.25, -0.2) is 0 Å². The Balaban J connectivity index is 1.41. The van der Waals surface area contributed by atoms with Crippen LogP contribution >= 0.6 is 11.6 Å². The van der Waals surface area contributed by atoms with Crippen LogP contribution in [0.25, 0.3) is 6.08 Å². The lowest BCUT2D eigenvalue weighted by Crippen LogP contribution is -2.48. The Hall–Kier alpha value is -2.30. The molecule has 1 amide bonds. The van der Waals surface area contributed by atoms with Gasteiger partial charge in [0.25, 0.3) is 5.91 Å². The fourth-order valence-corrected chi connectivity index (χ4v) is 4.94. The summed E-state index contributed by atoms with van der Waals surface area (Å²) in [5, 5.41) is 3.67. The maximum Gasteiger partial charge on any atom is 0.251 e. The topological polar surface area (TPSA) is 38.3 Å². The highest BCUT2D eigenvalue weighted by atomic mass is 35.5. The van der Waals surface area contributed by atoms with Gasteiger partial charge in [-0.2, -0.15) is 0 Å². The fraction of sp³-hybridized carbons (Fsp3) is 0.423. The number of hydrogen-bond acceptors (Lipinski definition) is 2. The minimum atomic E-state index is -0.0949. The van der Waals surface area contributed by atoms with E-state index in [2.05, 4.69) is 31.5 Å². The van der Waals surface area contributed by atoms with Crippen LogP contribution in [0.1, 0.15) is 49.7 Å². The lowest BCUT2D eigenvalue weighted by Gasteiger charge is -2.40. The Morgan fingerprint density at radius 3 is 2.58 bits per heavy atom. The minimum absolute atomic E-state index is 0.0949. The van der Waals surface area contributed by atoms with Crippen molar-refractivity contribution in [2.45, 2.75) is 51.1 Å². The average molecular weight is 440 g/mol. The standard InChI is InChI=1S/C26H31ClN2O2/c1-29(2,24-6-4-3-5-7-24)18-19-8-11-23(12-9-19)28-26(30)20-14-15-31-25-13-10-22(27)17-21(25)16-20/h8-13,16-17,24H,3-7,14-15,18H2,1-2H3/p+1. The molecule has 4 nitrogen and oxygen atoms in total. The van der Waals surface area contributed by atoms with Gasteiger partial charge in [0, 0.05) is 33.8 Å². The number of benzene rings is 2. The number of quaternary nitrogens is 1. The molecule has 1 aliphatic carbocycles. The number of halogens is 1. The molecule has 4 rings (SSSR count). The third-order valence-electron chi connectivity index (χ3n) is 6.59. The van der Waals surface area contributed by atoms with Gasteiger partial charge in [0.2, 0.25) is 0 Å². The summed E-state index contributed by atoms with van der Waals surface area (Å²) >= 11 is 6.11. The molecular weight excluding hydrogens is 408 g/mol. The van der Waals surface area contributed by atoms with Crippen LogP contribution in [0.4, 0.5) is 5.69 Å². The maximum absolute atomic E-state index is 12.9. The number of ether oxygens (including phenoxy) is 1. The fourth-order valence-electron chi connectivity index (χ4n) is 4.76. The zero-order valence-corrected chi connectivity index (χ0v) is 19.3. The zero-order chi connectivity index (χ0) is 21.8. The third kappa shape index (κ3) is 5.50. The molecule has 31 heavy (non-hydrogen) atoms. The highest BCUT2D eigenvalue weighted by Gasteiger charge is 2.29. The van der Waals surface area contributed by atoms with E-state index >= 15 is 0 Å². The van der Waals surface area contributed by atoms with Crippen LogP contribution in [0.2, 0.25) is 5.02 Å². The molecule has 1 N–H and O–H groups in total. The number of rotatable bonds is 5. The number of fused-ring (bicyclic) bond motifs is 1. The summed E-state index contributed by atoms with van der Waals surface area (Å²) in [6.07, 6.45) is 9.18. The summed E-state index contributed by atoms with van der Waals surface area (Å²) in [4.78, 5) is 12.9. The molecule has 2 aromatic carbocycles. The van der Waals surface area contributed by atoms with E-state index < -0.39 is 0 Å². The Morgan fingerprint density at radius 2 is 1.84 bits per heavy atom. The quantitative estimate of drug-likeness (QED) is 0.575. The molecule has 1 heterocycles. The molecule has 5 heteroatoms. The molecule has 0 saturated heterocycles. The predicted molar refractivity (Wildman–Crippen MR) is 127 cm³/mol. The van der Waals surface area contributed by atoms with E-state index in [0.29, 0.717) is 23.6 Å². The lowest BCUT2D eigenvalue weighted by atomic mass is 9.92. The first-order valence-corrected chi connectivity index (χ1v) is 11.6. The van der Waals surface area contributed by atoms with Crippen LogP contribution in [-0.4, -0.2) is 37.1 Å². The first-order valence-electron chi connectivity index (χ1n) is 11.3. The largest absolute Gasteiger partial charge is 0.493 e. The average Bonchev–Trinajstić information content (AvgIpc) is 2.97. The molecule has 2 aromatic rings. The van der Waals surface area contributed by atoms with Crippen molar-refractivity contribution in [2.24, 2.45) is 0 Å². The maximum atomic E-state index is 12.9. The second-order valence-electron chi connectivity index (χ2n) is 9.33. The number of anilines is 1.